The normalized spacial score (nSPS) is 16.9. The Bertz CT molecular complexity index is 772. The van der Waals surface area contributed by atoms with Gasteiger partial charge >= 0.3 is 0 Å². The van der Waals surface area contributed by atoms with Crippen LogP contribution in [0.2, 0.25) is 0 Å². The first-order valence-corrected chi connectivity index (χ1v) is 9.36. The summed E-state index contributed by atoms with van der Waals surface area (Å²) in [4.78, 5) is 28.6. The van der Waals surface area contributed by atoms with Gasteiger partial charge in [-0.15, -0.1) is 0 Å². The summed E-state index contributed by atoms with van der Waals surface area (Å²) in [5.74, 6) is 0.130. The Morgan fingerprint density at radius 2 is 2.22 bits per heavy atom. The maximum Gasteiger partial charge on any atom is 0.251 e. The Hall–Kier alpha value is -2.67. The van der Waals surface area contributed by atoms with Gasteiger partial charge in [-0.05, 0) is 44.6 Å². The van der Waals surface area contributed by atoms with Gasteiger partial charge in [-0.1, -0.05) is 12.1 Å². The second kappa shape index (κ2) is 8.81. The summed E-state index contributed by atoms with van der Waals surface area (Å²) in [6.45, 7) is 2.16. The van der Waals surface area contributed by atoms with Crippen LogP contribution in [-0.4, -0.2) is 71.6 Å². The molecule has 1 unspecified atom stereocenters. The fourth-order valence-corrected chi connectivity index (χ4v) is 3.41. The van der Waals surface area contributed by atoms with E-state index in [1.54, 1.807) is 18.5 Å². The molecule has 1 saturated heterocycles. The molecule has 1 atom stereocenters. The van der Waals surface area contributed by atoms with Gasteiger partial charge in [-0.2, -0.15) is 5.10 Å². The lowest BCUT2D eigenvalue weighted by molar-refractivity contribution is -0.129. The molecule has 1 aromatic carbocycles. The van der Waals surface area contributed by atoms with E-state index in [4.69, 9.17) is 0 Å². The van der Waals surface area contributed by atoms with Gasteiger partial charge in [0.25, 0.3) is 5.91 Å². The number of benzene rings is 1. The number of likely N-dealkylation sites (N-methyl/N-ethyl adjacent to an activating group) is 1. The molecule has 0 spiro atoms. The second-order valence-corrected chi connectivity index (χ2v) is 7.20. The Labute approximate surface area is 159 Å². The van der Waals surface area contributed by atoms with Crippen LogP contribution in [-0.2, 0) is 4.79 Å². The van der Waals surface area contributed by atoms with Crippen molar-refractivity contribution in [2.45, 2.75) is 25.3 Å². The Morgan fingerprint density at radius 1 is 1.37 bits per heavy atom. The Morgan fingerprint density at radius 3 is 2.96 bits per heavy atom. The predicted molar refractivity (Wildman–Crippen MR) is 104 cm³/mol. The van der Waals surface area contributed by atoms with Crippen LogP contribution in [0.1, 0.15) is 29.6 Å². The number of hydrogen-bond donors (Lipinski definition) is 2. The van der Waals surface area contributed by atoms with Crippen molar-refractivity contribution in [2.24, 2.45) is 0 Å². The summed E-state index contributed by atoms with van der Waals surface area (Å²) in [6, 6.07) is 7.71. The molecule has 2 aromatic rings. The first-order valence-electron chi connectivity index (χ1n) is 9.36. The minimum atomic E-state index is -0.0930. The highest BCUT2D eigenvalue weighted by atomic mass is 16.2. The van der Waals surface area contributed by atoms with Gasteiger partial charge in [0, 0.05) is 49.4 Å². The SMILES string of the molecule is CN(C)CCN1C(=O)CCC1CCNC(=O)c1cccc(-c2cn[nH]c2)c1. The number of aromatic amines is 1. The molecule has 0 bridgehead atoms. The highest BCUT2D eigenvalue weighted by molar-refractivity contribution is 5.95. The van der Waals surface area contributed by atoms with Gasteiger partial charge in [0.1, 0.15) is 0 Å². The standard InChI is InChI=1S/C20H27N5O2/c1-24(2)10-11-25-18(6-7-19(25)26)8-9-21-20(27)16-5-3-4-15(12-16)17-13-22-23-14-17/h3-5,12-14,18H,6-11H2,1-2H3,(H,21,27)(H,22,23). The van der Waals surface area contributed by atoms with E-state index in [1.807, 2.05) is 37.2 Å². The molecule has 3 rings (SSSR count). The van der Waals surface area contributed by atoms with E-state index < -0.39 is 0 Å². The molecule has 7 heteroatoms. The first kappa shape index (κ1) is 19.1. The summed E-state index contributed by atoms with van der Waals surface area (Å²) >= 11 is 0. The zero-order chi connectivity index (χ0) is 19.2. The smallest absolute Gasteiger partial charge is 0.251 e. The number of nitrogens with zero attached hydrogens (tertiary/aromatic N) is 3. The number of amides is 2. The summed E-state index contributed by atoms with van der Waals surface area (Å²) in [5.41, 5.74) is 2.53. The van der Waals surface area contributed by atoms with Gasteiger partial charge in [0.05, 0.1) is 6.20 Å². The molecular formula is C20H27N5O2. The molecule has 1 aliphatic rings. The zero-order valence-electron chi connectivity index (χ0n) is 15.9. The number of aromatic nitrogens is 2. The molecular weight excluding hydrogens is 342 g/mol. The largest absolute Gasteiger partial charge is 0.352 e. The summed E-state index contributed by atoms with van der Waals surface area (Å²) in [6.07, 6.45) is 5.80. The molecule has 0 radical (unpaired) electrons. The summed E-state index contributed by atoms with van der Waals surface area (Å²) in [7, 11) is 4.01. The molecule has 1 aromatic heterocycles. The zero-order valence-corrected chi connectivity index (χ0v) is 15.9. The molecule has 7 nitrogen and oxygen atoms in total. The molecule has 0 saturated carbocycles. The van der Waals surface area contributed by atoms with Gasteiger partial charge in [0.15, 0.2) is 0 Å². The van der Waals surface area contributed by atoms with E-state index in [2.05, 4.69) is 20.4 Å². The molecule has 27 heavy (non-hydrogen) atoms. The van der Waals surface area contributed by atoms with E-state index in [-0.39, 0.29) is 17.9 Å². The van der Waals surface area contributed by atoms with Crippen LogP contribution < -0.4 is 5.32 Å². The van der Waals surface area contributed by atoms with Crippen LogP contribution in [0, 0.1) is 0 Å². The van der Waals surface area contributed by atoms with Crippen molar-refractivity contribution in [3.8, 4) is 11.1 Å². The van der Waals surface area contributed by atoms with Crippen LogP contribution in [0.15, 0.2) is 36.7 Å². The summed E-state index contributed by atoms with van der Waals surface area (Å²) < 4.78 is 0. The van der Waals surface area contributed by atoms with Gasteiger partial charge in [-0.25, -0.2) is 0 Å². The van der Waals surface area contributed by atoms with Crippen molar-refractivity contribution < 1.29 is 9.59 Å². The van der Waals surface area contributed by atoms with Crippen LogP contribution in [0.4, 0.5) is 0 Å². The van der Waals surface area contributed by atoms with Gasteiger partial charge in [-0.3, -0.25) is 14.7 Å². The number of hydrogen-bond acceptors (Lipinski definition) is 4. The van der Waals surface area contributed by atoms with E-state index in [0.717, 1.165) is 37.1 Å². The Kier molecular flexibility index (Phi) is 6.24. The van der Waals surface area contributed by atoms with Crippen LogP contribution >= 0.6 is 0 Å². The highest BCUT2D eigenvalue weighted by Crippen LogP contribution is 2.21. The van der Waals surface area contributed by atoms with Crippen molar-refractivity contribution in [2.75, 3.05) is 33.7 Å². The number of carbonyl (C=O) groups excluding carboxylic acids is 2. The fraction of sp³-hybridized carbons (Fsp3) is 0.450. The molecule has 2 heterocycles. The minimum absolute atomic E-state index is 0.0930. The maximum atomic E-state index is 12.5. The molecule has 2 N–H and O–H groups in total. The van der Waals surface area contributed by atoms with Crippen LogP contribution in [0.3, 0.4) is 0 Å². The van der Waals surface area contributed by atoms with E-state index >= 15 is 0 Å². The average molecular weight is 369 g/mol. The van der Waals surface area contributed by atoms with Gasteiger partial charge in [0.2, 0.25) is 5.91 Å². The van der Waals surface area contributed by atoms with Crippen molar-refractivity contribution in [1.82, 2.24) is 25.3 Å². The average Bonchev–Trinajstić information content (AvgIpc) is 3.30. The highest BCUT2D eigenvalue weighted by Gasteiger charge is 2.30. The Balaban J connectivity index is 1.52. The molecule has 2 amide bonds. The van der Waals surface area contributed by atoms with E-state index in [0.29, 0.717) is 18.5 Å². The van der Waals surface area contributed by atoms with Crippen molar-refractivity contribution in [1.29, 1.82) is 0 Å². The van der Waals surface area contributed by atoms with Crippen LogP contribution in [0.5, 0.6) is 0 Å². The third-order valence-electron chi connectivity index (χ3n) is 4.96. The van der Waals surface area contributed by atoms with E-state index in [9.17, 15) is 9.59 Å². The lowest BCUT2D eigenvalue weighted by Gasteiger charge is -2.26. The maximum absolute atomic E-state index is 12.5. The third-order valence-corrected chi connectivity index (χ3v) is 4.96. The van der Waals surface area contributed by atoms with Crippen molar-refractivity contribution >= 4 is 11.8 Å². The monoisotopic (exact) mass is 369 g/mol. The summed E-state index contributed by atoms with van der Waals surface area (Å²) in [5, 5.41) is 9.71. The molecule has 1 fully saturated rings. The molecule has 0 aliphatic carbocycles. The van der Waals surface area contributed by atoms with E-state index in [1.165, 1.54) is 0 Å². The predicted octanol–water partition coefficient (Wildman–Crippen LogP) is 1.75. The van der Waals surface area contributed by atoms with Gasteiger partial charge < -0.3 is 15.1 Å². The number of H-pyrrole nitrogens is 1. The lowest BCUT2D eigenvalue weighted by atomic mass is 10.1. The number of nitrogens with one attached hydrogen (secondary N) is 2. The number of rotatable bonds is 8. The minimum Gasteiger partial charge on any atom is -0.352 e. The second-order valence-electron chi connectivity index (χ2n) is 7.20. The van der Waals surface area contributed by atoms with Crippen molar-refractivity contribution in [3.05, 3.63) is 42.2 Å². The third kappa shape index (κ3) is 4.95. The first-order chi connectivity index (χ1) is 13.0. The lowest BCUT2D eigenvalue weighted by Crippen LogP contribution is -2.40. The quantitative estimate of drug-likeness (QED) is 0.743. The van der Waals surface area contributed by atoms with Crippen LogP contribution in [0.25, 0.3) is 11.1 Å². The fourth-order valence-electron chi connectivity index (χ4n) is 3.41. The van der Waals surface area contributed by atoms with Crippen molar-refractivity contribution in [3.63, 3.8) is 0 Å². The molecule has 1 aliphatic heterocycles. The topological polar surface area (TPSA) is 81.3 Å². The molecule has 144 valence electrons. The number of likely N-dealkylation sites (tertiary alicyclic amines) is 1. The number of carbonyl (C=O) groups is 2.